The van der Waals surface area contributed by atoms with Crippen LogP contribution in [0.3, 0.4) is 0 Å². The predicted molar refractivity (Wildman–Crippen MR) is 157 cm³/mol. The van der Waals surface area contributed by atoms with Crippen molar-refractivity contribution < 1.29 is 27.3 Å². The van der Waals surface area contributed by atoms with Crippen molar-refractivity contribution in [3.8, 4) is 0 Å². The first-order valence-electron chi connectivity index (χ1n) is 16.0. The zero-order valence-electron chi connectivity index (χ0n) is 28.4. The summed E-state index contributed by atoms with van der Waals surface area (Å²) < 4.78 is 54.7. The summed E-state index contributed by atoms with van der Waals surface area (Å²) in [5.74, 6) is -2.07. The summed E-state index contributed by atoms with van der Waals surface area (Å²) in [5.41, 5.74) is 1.74. The number of piperazine rings is 1. The maximum absolute atomic E-state index is 13.5. The Labute approximate surface area is 243 Å². The maximum Gasteiger partial charge on any atom is 0.337 e. The van der Waals surface area contributed by atoms with Crippen molar-refractivity contribution in [2.24, 2.45) is 0 Å². The normalized spacial score (nSPS) is 19.2. The zero-order chi connectivity index (χ0) is 33.3. The number of hydrogen-bond acceptors (Lipinski definition) is 6. The van der Waals surface area contributed by atoms with E-state index < -0.39 is 48.5 Å². The third-order valence-corrected chi connectivity index (χ3v) is 7.12. The van der Waals surface area contributed by atoms with Gasteiger partial charge in [0.25, 0.3) is 5.91 Å². The SMILES string of the molecule is [2H]c1c([2H])c2c(c([2H])c1C(=O)OC)NC(=O)/C2=C(\Cc1ccc(N(C(=O)CN2CCN(C)CC2)C([2H])([2H])[2H])cc1)c1ccccc1. The molecular formula is C32H34N4O4. The smallest absolute Gasteiger partial charge is 0.337 e. The molecule has 5 rings (SSSR count). The summed E-state index contributed by atoms with van der Waals surface area (Å²) in [6.07, 6.45) is 0.161. The summed E-state index contributed by atoms with van der Waals surface area (Å²) in [7, 11) is 3.11. The van der Waals surface area contributed by atoms with Gasteiger partial charge in [-0.3, -0.25) is 14.5 Å². The Morgan fingerprint density at radius 1 is 1.02 bits per heavy atom. The molecule has 1 saturated heterocycles. The predicted octanol–water partition coefficient (Wildman–Crippen LogP) is 3.79. The van der Waals surface area contributed by atoms with Crippen molar-refractivity contribution >= 4 is 40.3 Å². The van der Waals surface area contributed by atoms with E-state index >= 15 is 0 Å². The first-order valence-corrected chi connectivity index (χ1v) is 13.0. The molecule has 3 aromatic rings. The van der Waals surface area contributed by atoms with Crippen molar-refractivity contribution in [2.45, 2.75) is 6.42 Å². The van der Waals surface area contributed by atoms with Gasteiger partial charge in [-0.05, 0) is 54.4 Å². The van der Waals surface area contributed by atoms with Crippen LogP contribution in [0.25, 0.3) is 11.1 Å². The molecule has 0 spiro atoms. The number of anilines is 2. The third-order valence-electron chi connectivity index (χ3n) is 7.12. The standard InChI is InChI=1S/C32H34N4O4/c1-34-15-17-36(18-16-34)21-29(37)35(2)25-12-9-22(10-13-25)19-27(23-7-5-4-6-8-23)30-26-14-11-24(32(39)40-3)20-28(26)33-31(30)38/h4-14,20H,15-19,21H2,1-3H3,(H,33,38)/b30-27+/i2D3,11D,14D,20D. The molecule has 8 nitrogen and oxygen atoms in total. The topological polar surface area (TPSA) is 82.2 Å². The molecule has 0 atom stereocenters. The summed E-state index contributed by atoms with van der Waals surface area (Å²) >= 11 is 0. The van der Waals surface area contributed by atoms with Gasteiger partial charge in [0.15, 0.2) is 0 Å². The summed E-state index contributed by atoms with van der Waals surface area (Å²) in [5, 5.41) is 2.62. The van der Waals surface area contributed by atoms with Crippen LogP contribution in [-0.4, -0.2) is 81.4 Å². The van der Waals surface area contributed by atoms with Gasteiger partial charge in [-0.25, -0.2) is 4.79 Å². The molecular weight excluding hydrogens is 504 g/mol. The number of rotatable bonds is 7. The average molecular weight is 545 g/mol. The zero-order valence-corrected chi connectivity index (χ0v) is 22.4. The fourth-order valence-electron chi connectivity index (χ4n) is 4.82. The number of benzene rings is 3. The van der Waals surface area contributed by atoms with E-state index in [1.807, 2.05) is 18.0 Å². The Morgan fingerprint density at radius 3 is 2.42 bits per heavy atom. The van der Waals surface area contributed by atoms with E-state index in [4.69, 9.17) is 13.0 Å². The quantitative estimate of drug-likeness (QED) is 0.360. The van der Waals surface area contributed by atoms with Crippen molar-refractivity contribution in [1.82, 2.24) is 9.80 Å². The summed E-state index contributed by atoms with van der Waals surface area (Å²) in [6.45, 7) is 0.184. The number of ether oxygens (including phenoxy) is 1. The van der Waals surface area contributed by atoms with E-state index in [2.05, 4.69) is 10.2 Å². The fourth-order valence-corrected chi connectivity index (χ4v) is 4.82. The molecule has 0 aliphatic carbocycles. The largest absolute Gasteiger partial charge is 0.465 e. The molecule has 2 amide bonds. The van der Waals surface area contributed by atoms with Gasteiger partial charge in [-0.15, -0.1) is 0 Å². The van der Waals surface area contributed by atoms with Crippen molar-refractivity contribution in [1.29, 1.82) is 0 Å². The first kappa shape index (κ1) is 20.6. The van der Waals surface area contributed by atoms with Crippen LogP contribution in [0.15, 0.2) is 72.7 Å². The lowest BCUT2D eigenvalue weighted by Crippen LogP contribution is -2.48. The van der Waals surface area contributed by atoms with Crippen LogP contribution in [-0.2, 0) is 20.7 Å². The molecule has 0 bridgehead atoms. The van der Waals surface area contributed by atoms with Gasteiger partial charge < -0.3 is 19.9 Å². The maximum atomic E-state index is 13.5. The van der Waals surface area contributed by atoms with E-state index in [1.165, 1.54) is 0 Å². The number of carbonyl (C=O) groups is 3. The molecule has 2 aliphatic rings. The second-order valence-electron chi connectivity index (χ2n) is 9.82. The minimum absolute atomic E-state index is 0.0180. The molecule has 206 valence electrons. The fraction of sp³-hybridized carbons (Fsp3) is 0.281. The minimum atomic E-state index is -2.70. The van der Waals surface area contributed by atoms with Gasteiger partial charge in [0, 0.05) is 54.2 Å². The van der Waals surface area contributed by atoms with E-state index in [-0.39, 0.29) is 35.5 Å². The number of methoxy groups -OCH3 is 1. The number of likely N-dealkylation sites (N-methyl/N-ethyl adjacent to an activating group) is 2. The molecule has 1 fully saturated rings. The molecule has 0 unspecified atom stereocenters. The highest BCUT2D eigenvalue weighted by Crippen LogP contribution is 2.39. The van der Waals surface area contributed by atoms with Gasteiger partial charge in [0.1, 0.15) is 0 Å². The summed E-state index contributed by atoms with van der Waals surface area (Å²) in [6, 6.07) is 14.2. The van der Waals surface area contributed by atoms with Crippen LogP contribution >= 0.6 is 0 Å². The van der Waals surface area contributed by atoms with Crippen LogP contribution in [0.2, 0.25) is 0 Å². The van der Waals surface area contributed by atoms with Crippen LogP contribution < -0.4 is 10.2 Å². The molecule has 0 radical (unpaired) electrons. The number of esters is 1. The van der Waals surface area contributed by atoms with Gasteiger partial charge in [0.2, 0.25) is 5.91 Å². The lowest BCUT2D eigenvalue weighted by Gasteiger charge is -2.32. The number of nitrogens with zero attached hydrogens (tertiary/aromatic N) is 3. The van der Waals surface area contributed by atoms with Crippen molar-refractivity contribution in [3.63, 3.8) is 0 Å². The Kier molecular flexibility index (Phi) is 6.11. The van der Waals surface area contributed by atoms with E-state index in [0.717, 1.165) is 25.1 Å². The molecule has 2 aliphatic heterocycles. The monoisotopic (exact) mass is 544 g/mol. The Bertz CT molecular complexity index is 1700. The van der Waals surface area contributed by atoms with Crippen LogP contribution in [0.5, 0.6) is 0 Å². The number of allylic oxidation sites excluding steroid dienone is 1. The van der Waals surface area contributed by atoms with E-state index in [0.29, 0.717) is 29.8 Å². The van der Waals surface area contributed by atoms with Crippen LogP contribution in [0.4, 0.5) is 11.4 Å². The Morgan fingerprint density at radius 2 is 1.75 bits per heavy atom. The van der Waals surface area contributed by atoms with Gasteiger partial charge >= 0.3 is 5.97 Å². The molecule has 40 heavy (non-hydrogen) atoms. The molecule has 1 N–H and O–H groups in total. The van der Waals surface area contributed by atoms with E-state index in [1.54, 1.807) is 48.5 Å². The highest BCUT2D eigenvalue weighted by molar-refractivity contribution is 6.37. The molecule has 2 heterocycles. The van der Waals surface area contributed by atoms with Gasteiger partial charge in [-0.1, -0.05) is 48.5 Å². The Balaban J connectivity index is 1.53. The van der Waals surface area contributed by atoms with Crippen molar-refractivity contribution in [2.75, 3.05) is 64.1 Å². The molecule has 8 heteroatoms. The number of carbonyl (C=O) groups excluding carboxylic acids is 3. The highest BCUT2D eigenvalue weighted by atomic mass is 16.5. The van der Waals surface area contributed by atoms with Crippen LogP contribution in [0, 0.1) is 0 Å². The number of hydrogen-bond donors (Lipinski definition) is 1. The van der Waals surface area contributed by atoms with Gasteiger partial charge in [0.05, 0.1) is 28.9 Å². The molecule has 0 aromatic heterocycles. The third kappa shape index (κ3) is 5.83. The van der Waals surface area contributed by atoms with Crippen LogP contribution in [0.1, 0.15) is 35.3 Å². The lowest BCUT2D eigenvalue weighted by atomic mass is 9.90. The minimum Gasteiger partial charge on any atom is -0.465 e. The molecule has 3 aromatic carbocycles. The Hall–Kier alpha value is -4.27. The average Bonchev–Trinajstić information content (AvgIpc) is 3.37. The summed E-state index contributed by atoms with van der Waals surface area (Å²) in [4.78, 5) is 44.0. The second-order valence-corrected chi connectivity index (χ2v) is 9.82. The highest BCUT2D eigenvalue weighted by Gasteiger charge is 2.29. The second kappa shape index (κ2) is 11.9. The van der Waals surface area contributed by atoms with Gasteiger partial charge in [-0.2, -0.15) is 0 Å². The number of fused-ring (bicyclic) bond motifs is 1. The number of amides is 2. The van der Waals surface area contributed by atoms with Crippen molar-refractivity contribution in [3.05, 3.63) is 95.0 Å². The number of nitrogens with one attached hydrogen (secondary N) is 1. The van der Waals surface area contributed by atoms with E-state index in [9.17, 15) is 14.4 Å². The first-order chi connectivity index (χ1) is 21.8. The lowest BCUT2D eigenvalue weighted by molar-refractivity contribution is -0.119. The molecule has 0 saturated carbocycles.